The fraction of sp³-hybridized carbons (Fsp3) is 0.185. The normalized spacial score (nSPS) is 12.1. The number of anilines is 1. The van der Waals surface area contributed by atoms with Gasteiger partial charge in [0.2, 0.25) is 5.91 Å². The molecule has 5 rings (SSSR count). The molecule has 1 unspecified atom stereocenters. The van der Waals surface area contributed by atoms with Crippen LogP contribution >= 0.6 is 22.9 Å². The molecule has 0 saturated heterocycles. The number of nitrogens with zero attached hydrogens (tertiary/aromatic N) is 4. The number of para-hydroxylation sites is 1. The first-order valence-electron chi connectivity index (χ1n) is 11.6. The van der Waals surface area contributed by atoms with Gasteiger partial charge in [-0.15, -0.1) is 11.3 Å². The quantitative estimate of drug-likeness (QED) is 0.292. The first kappa shape index (κ1) is 24.0. The number of aryl methyl sites for hydroxylation is 2. The minimum atomic E-state index is -0.748. The number of aromatic nitrogens is 4. The summed E-state index contributed by atoms with van der Waals surface area (Å²) in [6.45, 7) is 5.70. The Kier molecular flexibility index (Phi) is 6.47. The average Bonchev–Trinajstić information content (AvgIpc) is 3.47. The Morgan fingerprint density at radius 1 is 1.11 bits per heavy atom. The van der Waals surface area contributed by atoms with Gasteiger partial charge in [0.25, 0.3) is 5.56 Å². The number of rotatable bonds is 6. The lowest BCUT2D eigenvalue weighted by Crippen LogP contribution is -2.34. The molecule has 1 amide bonds. The third-order valence-corrected chi connectivity index (χ3v) is 7.12. The van der Waals surface area contributed by atoms with E-state index in [1.807, 2.05) is 68.6 Å². The van der Waals surface area contributed by atoms with Crippen molar-refractivity contribution in [3.63, 3.8) is 0 Å². The zero-order chi connectivity index (χ0) is 25.4. The smallest absolute Gasteiger partial charge is 0.253 e. The van der Waals surface area contributed by atoms with Gasteiger partial charge in [-0.05, 0) is 50.1 Å². The zero-order valence-electron chi connectivity index (χ0n) is 20.0. The van der Waals surface area contributed by atoms with Gasteiger partial charge in [0.15, 0.2) is 5.13 Å². The van der Waals surface area contributed by atoms with E-state index in [0.29, 0.717) is 22.2 Å². The van der Waals surface area contributed by atoms with Crippen LogP contribution in [-0.2, 0) is 4.79 Å². The summed E-state index contributed by atoms with van der Waals surface area (Å²) in [5.41, 5.74) is 4.44. The summed E-state index contributed by atoms with van der Waals surface area (Å²) in [5, 5.41) is 11.5. The fourth-order valence-electron chi connectivity index (χ4n) is 4.44. The van der Waals surface area contributed by atoms with E-state index >= 15 is 0 Å². The molecule has 1 atom stereocenters. The highest BCUT2D eigenvalue weighted by Crippen LogP contribution is 2.29. The number of benzene rings is 2. The highest BCUT2D eigenvalue weighted by Gasteiger charge is 2.26. The van der Waals surface area contributed by atoms with E-state index in [0.717, 1.165) is 33.6 Å². The molecule has 7 nitrogen and oxygen atoms in total. The van der Waals surface area contributed by atoms with Crippen molar-refractivity contribution in [1.29, 1.82) is 0 Å². The monoisotopic (exact) mass is 517 g/mol. The van der Waals surface area contributed by atoms with Gasteiger partial charge in [-0.1, -0.05) is 48.9 Å². The molecule has 2 aromatic carbocycles. The number of pyridine rings is 1. The highest BCUT2D eigenvalue weighted by molar-refractivity contribution is 7.14. The van der Waals surface area contributed by atoms with Gasteiger partial charge in [-0.25, -0.2) is 9.67 Å². The summed E-state index contributed by atoms with van der Waals surface area (Å²) in [6, 6.07) is 17.8. The number of halogens is 1. The lowest BCUT2D eigenvalue weighted by molar-refractivity contribution is -0.119. The fourth-order valence-corrected chi connectivity index (χ4v) is 5.29. The lowest BCUT2D eigenvalue weighted by Gasteiger charge is -2.20. The van der Waals surface area contributed by atoms with Crippen LogP contribution in [0.25, 0.3) is 28.0 Å². The van der Waals surface area contributed by atoms with Crippen molar-refractivity contribution in [1.82, 2.24) is 19.3 Å². The Hall–Kier alpha value is -3.75. The second-order valence-electron chi connectivity index (χ2n) is 8.53. The molecular weight excluding hydrogens is 494 g/mol. The molecule has 3 heterocycles. The Morgan fingerprint density at radius 2 is 1.83 bits per heavy atom. The molecule has 182 valence electrons. The van der Waals surface area contributed by atoms with E-state index < -0.39 is 6.04 Å². The molecule has 3 aromatic heterocycles. The van der Waals surface area contributed by atoms with Gasteiger partial charge in [0.1, 0.15) is 11.7 Å². The first-order valence-corrected chi connectivity index (χ1v) is 12.8. The van der Waals surface area contributed by atoms with Crippen LogP contribution in [0.2, 0.25) is 5.02 Å². The summed E-state index contributed by atoms with van der Waals surface area (Å²) >= 11 is 7.32. The second kappa shape index (κ2) is 9.72. The predicted molar refractivity (Wildman–Crippen MR) is 145 cm³/mol. The topological polar surface area (TPSA) is 81.8 Å². The van der Waals surface area contributed by atoms with Crippen molar-refractivity contribution in [2.24, 2.45) is 0 Å². The van der Waals surface area contributed by atoms with Gasteiger partial charge in [0.05, 0.1) is 17.1 Å². The Balaban J connectivity index is 1.56. The Bertz CT molecular complexity index is 1620. The van der Waals surface area contributed by atoms with Gasteiger partial charge in [-0.3, -0.25) is 14.2 Å². The van der Waals surface area contributed by atoms with E-state index in [1.165, 1.54) is 11.3 Å². The second-order valence-corrected chi connectivity index (χ2v) is 9.82. The maximum absolute atomic E-state index is 13.5. The maximum Gasteiger partial charge on any atom is 0.253 e. The molecule has 0 aliphatic heterocycles. The number of carbonyl (C=O) groups is 1. The van der Waals surface area contributed by atoms with Crippen LogP contribution < -0.4 is 10.9 Å². The van der Waals surface area contributed by atoms with Crippen molar-refractivity contribution in [2.45, 2.75) is 33.2 Å². The van der Waals surface area contributed by atoms with E-state index in [1.54, 1.807) is 27.4 Å². The van der Waals surface area contributed by atoms with E-state index in [2.05, 4.69) is 10.3 Å². The SMILES string of the molecule is CCC(C(=O)Nc1nc(-c2ccc(Cl)cc2)cs1)n1c(=O)cc(C)c2c(C)nn(-c3ccccc3)c21. The molecule has 0 radical (unpaired) electrons. The lowest BCUT2D eigenvalue weighted by atomic mass is 10.1. The Labute approximate surface area is 217 Å². The van der Waals surface area contributed by atoms with E-state index in [4.69, 9.17) is 16.7 Å². The first-order chi connectivity index (χ1) is 17.4. The van der Waals surface area contributed by atoms with Crippen molar-refractivity contribution in [2.75, 3.05) is 5.32 Å². The summed E-state index contributed by atoms with van der Waals surface area (Å²) in [6.07, 6.45) is 0.415. The van der Waals surface area contributed by atoms with Crippen molar-refractivity contribution >= 4 is 45.0 Å². The van der Waals surface area contributed by atoms with E-state index in [-0.39, 0.29) is 11.5 Å². The summed E-state index contributed by atoms with van der Waals surface area (Å²) < 4.78 is 3.30. The number of carbonyl (C=O) groups excluding carboxylic acids is 1. The molecule has 0 aliphatic rings. The van der Waals surface area contributed by atoms with Crippen LogP contribution in [0.15, 0.2) is 70.8 Å². The molecule has 36 heavy (non-hydrogen) atoms. The molecule has 1 N–H and O–H groups in total. The third-order valence-electron chi connectivity index (χ3n) is 6.11. The number of fused-ring (bicyclic) bond motifs is 1. The summed E-state index contributed by atoms with van der Waals surface area (Å²) in [5.74, 6) is -0.305. The van der Waals surface area contributed by atoms with E-state index in [9.17, 15) is 9.59 Å². The minimum absolute atomic E-state index is 0.250. The van der Waals surface area contributed by atoms with Gasteiger partial charge in [-0.2, -0.15) is 5.10 Å². The molecule has 5 aromatic rings. The molecular formula is C27H24ClN5O2S. The largest absolute Gasteiger partial charge is 0.300 e. The standard InChI is InChI=1S/C27H24ClN5O2S/c1-4-22(25(35)30-27-29-21(15-36-27)18-10-12-19(28)13-11-18)32-23(34)14-16(2)24-17(3)31-33(26(24)32)20-8-6-5-7-9-20/h5-15,22H,4H2,1-3H3,(H,29,30,35). The number of amides is 1. The van der Waals surface area contributed by atoms with Crippen LogP contribution in [-0.4, -0.2) is 25.2 Å². The van der Waals surface area contributed by atoms with Crippen LogP contribution in [0.5, 0.6) is 0 Å². The molecule has 0 bridgehead atoms. The van der Waals surface area contributed by atoms with Crippen LogP contribution in [0.3, 0.4) is 0 Å². The average molecular weight is 518 g/mol. The zero-order valence-corrected chi connectivity index (χ0v) is 21.6. The van der Waals surface area contributed by atoms with Crippen LogP contribution in [0.4, 0.5) is 5.13 Å². The molecule has 0 aliphatic carbocycles. The van der Waals surface area contributed by atoms with Crippen molar-refractivity contribution in [3.05, 3.63) is 92.7 Å². The minimum Gasteiger partial charge on any atom is -0.300 e. The van der Waals surface area contributed by atoms with Crippen molar-refractivity contribution < 1.29 is 4.79 Å². The molecule has 0 fully saturated rings. The highest BCUT2D eigenvalue weighted by atomic mass is 35.5. The molecule has 0 saturated carbocycles. The number of hydrogen-bond acceptors (Lipinski definition) is 5. The molecule has 9 heteroatoms. The van der Waals surface area contributed by atoms with Crippen LogP contribution in [0, 0.1) is 13.8 Å². The van der Waals surface area contributed by atoms with Gasteiger partial charge in [0, 0.05) is 27.4 Å². The summed E-state index contributed by atoms with van der Waals surface area (Å²) in [7, 11) is 0. The van der Waals surface area contributed by atoms with Gasteiger partial charge < -0.3 is 5.32 Å². The summed E-state index contributed by atoms with van der Waals surface area (Å²) in [4.78, 5) is 31.4. The third kappa shape index (κ3) is 4.34. The van der Waals surface area contributed by atoms with Crippen LogP contribution in [0.1, 0.15) is 30.6 Å². The van der Waals surface area contributed by atoms with Gasteiger partial charge >= 0.3 is 0 Å². The number of thiazole rings is 1. The molecule has 0 spiro atoms. The predicted octanol–water partition coefficient (Wildman–Crippen LogP) is 6.17. The Morgan fingerprint density at radius 3 is 2.53 bits per heavy atom. The number of hydrogen-bond donors (Lipinski definition) is 1. The van der Waals surface area contributed by atoms with Crippen molar-refractivity contribution in [3.8, 4) is 16.9 Å². The maximum atomic E-state index is 13.5. The number of nitrogens with one attached hydrogen (secondary N) is 1.